The van der Waals surface area contributed by atoms with Crippen LogP contribution in [0.2, 0.25) is 5.02 Å². The maximum atomic E-state index is 11.9. The van der Waals surface area contributed by atoms with Gasteiger partial charge in [0.2, 0.25) is 0 Å². The molecule has 1 heterocycles. The van der Waals surface area contributed by atoms with Gasteiger partial charge < -0.3 is 10.6 Å². The molecule has 2 aromatic rings. The Labute approximate surface area is 128 Å². The lowest BCUT2D eigenvalue weighted by atomic mass is 10.2. The summed E-state index contributed by atoms with van der Waals surface area (Å²) in [5.41, 5.74) is 1.45. The summed E-state index contributed by atoms with van der Waals surface area (Å²) in [5, 5.41) is 10.5. The van der Waals surface area contributed by atoms with Crippen LogP contribution in [0.1, 0.15) is 25.7 Å². The zero-order valence-electron chi connectivity index (χ0n) is 11.6. The minimum atomic E-state index is -0.176. The molecule has 110 valence electrons. The molecule has 0 bridgehead atoms. The van der Waals surface area contributed by atoms with Crippen molar-refractivity contribution in [2.24, 2.45) is 0 Å². The molecule has 1 fully saturated rings. The first kappa shape index (κ1) is 13.9. The number of aromatic nitrogens is 2. The third-order valence-electron chi connectivity index (χ3n) is 3.65. The van der Waals surface area contributed by atoms with E-state index in [0.29, 0.717) is 16.8 Å². The van der Waals surface area contributed by atoms with E-state index in [1.54, 1.807) is 16.9 Å². The zero-order valence-corrected chi connectivity index (χ0v) is 12.3. The molecule has 2 amide bonds. The molecule has 0 atom stereocenters. The Morgan fingerprint density at radius 1 is 1.33 bits per heavy atom. The molecule has 0 unspecified atom stereocenters. The maximum absolute atomic E-state index is 11.9. The fourth-order valence-electron chi connectivity index (χ4n) is 2.60. The molecule has 0 aliphatic heterocycles. The average Bonchev–Trinajstić information content (AvgIpc) is 3.11. The second-order valence-corrected chi connectivity index (χ2v) is 5.60. The van der Waals surface area contributed by atoms with Gasteiger partial charge in [0, 0.05) is 24.1 Å². The van der Waals surface area contributed by atoms with Crippen LogP contribution in [-0.4, -0.2) is 21.9 Å². The van der Waals surface area contributed by atoms with Crippen LogP contribution in [0.4, 0.5) is 10.5 Å². The van der Waals surface area contributed by atoms with E-state index >= 15 is 0 Å². The SMILES string of the molecule is O=C(Nc1ccc(-n2cccn2)c(Cl)c1)NC1CCCC1. The Bertz CT molecular complexity index is 621. The van der Waals surface area contributed by atoms with Crippen molar-refractivity contribution in [3.63, 3.8) is 0 Å². The molecule has 2 N–H and O–H groups in total. The third kappa shape index (κ3) is 3.36. The number of hydrogen-bond donors (Lipinski definition) is 2. The largest absolute Gasteiger partial charge is 0.335 e. The monoisotopic (exact) mass is 304 g/mol. The number of nitrogens with one attached hydrogen (secondary N) is 2. The molecule has 0 radical (unpaired) electrons. The third-order valence-corrected chi connectivity index (χ3v) is 3.95. The van der Waals surface area contributed by atoms with Crippen LogP contribution in [-0.2, 0) is 0 Å². The van der Waals surface area contributed by atoms with Gasteiger partial charge in [-0.2, -0.15) is 5.10 Å². The smallest absolute Gasteiger partial charge is 0.319 e. The molecule has 1 aliphatic carbocycles. The fourth-order valence-corrected chi connectivity index (χ4v) is 2.87. The van der Waals surface area contributed by atoms with Gasteiger partial charge >= 0.3 is 6.03 Å². The predicted molar refractivity (Wildman–Crippen MR) is 83.0 cm³/mol. The summed E-state index contributed by atoms with van der Waals surface area (Å²) < 4.78 is 1.69. The molecule has 6 heteroatoms. The Balaban J connectivity index is 1.66. The molecule has 0 spiro atoms. The van der Waals surface area contributed by atoms with E-state index < -0.39 is 0 Å². The van der Waals surface area contributed by atoms with Crippen LogP contribution < -0.4 is 10.6 Å². The fraction of sp³-hybridized carbons (Fsp3) is 0.333. The second kappa shape index (κ2) is 6.18. The normalized spacial score (nSPS) is 15.1. The summed E-state index contributed by atoms with van der Waals surface area (Å²) in [6.45, 7) is 0. The number of nitrogens with zero attached hydrogens (tertiary/aromatic N) is 2. The number of carbonyl (C=O) groups is 1. The minimum absolute atomic E-state index is 0.176. The number of benzene rings is 1. The van der Waals surface area contributed by atoms with Crippen molar-refractivity contribution in [1.82, 2.24) is 15.1 Å². The van der Waals surface area contributed by atoms with Crippen molar-refractivity contribution in [2.45, 2.75) is 31.7 Å². The van der Waals surface area contributed by atoms with Crippen LogP contribution in [0.25, 0.3) is 5.69 Å². The van der Waals surface area contributed by atoms with Crippen LogP contribution >= 0.6 is 11.6 Å². The van der Waals surface area contributed by atoms with Crippen molar-refractivity contribution in [2.75, 3.05) is 5.32 Å². The Kier molecular flexibility index (Phi) is 4.10. The number of rotatable bonds is 3. The average molecular weight is 305 g/mol. The summed E-state index contributed by atoms with van der Waals surface area (Å²) in [5.74, 6) is 0. The maximum Gasteiger partial charge on any atom is 0.319 e. The minimum Gasteiger partial charge on any atom is -0.335 e. The van der Waals surface area contributed by atoms with E-state index in [2.05, 4.69) is 15.7 Å². The van der Waals surface area contributed by atoms with E-state index in [0.717, 1.165) is 18.5 Å². The first-order valence-corrected chi connectivity index (χ1v) is 7.47. The quantitative estimate of drug-likeness (QED) is 0.910. The molecular formula is C15H17ClN4O. The molecule has 1 aromatic carbocycles. The number of urea groups is 1. The molecule has 1 aromatic heterocycles. The van der Waals surface area contributed by atoms with Crippen molar-refractivity contribution in [3.05, 3.63) is 41.7 Å². The first-order chi connectivity index (χ1) is 10.2. The van der Waals surface area contributed by atoms with Crippen molar-refractivity contribution < 1.29 is 4.79 Å². The summed E-state index contributed by atoms with van der Waals surface area (Å²) in [6.07, 6.45) is 8.02. The highest BCUT2D eigenvalue weighted by molar-refractivity contribution is 6.32. The number of carbonyl (C=O) groups excluding carboxylic acids is 1. The summed E-state index contributed by atoms with van der Waals surface area (Å²) in [7, 11) is 0. The van der Waals surface area contributed by atoms with Gasteiger partial charge in [0.15, 0.2) is 0 Å². The molecular weight excluding hydrogens is 288 g/mol. The first-order valence-electron chi connectivity index (χ1n) is 7.09. The van der Waals surface area contributed by atoms with Crippen LogP contribution in [0.3, 0.4) is 0 Å². The van der Waals surface area contributed by atoms with Crippen LogP contribution in [0.5, 0.6) is 0 Å². The van der Waals surface area contributed by atoms with Gasteiger partial charge in [-0.05, 0) is 37.1 Å². The van der Waals surface area contributed by atoms with E-state index in [1.807, 2.05) is 24.4 Å². The number of amides is 2. The highest BCUT2D eigenvalue weighted by atomic mass is 35.5. The van der Waals surface area contributed by atoms with Crippen LogP contribution in [0.15, 0.2) is 36.7 Å². The van der Waals surface area contributed by atoms with Gasteiger partial charge in [0.25, 0.3) is 0 Å². The summed E-state index contributed by atoms with van der Waals surface area (Å²) >= 11 is 6.24. The number of hydrogen-bond acceptors (Lipinski definition) is 2. The van der Waals surface area contributed by atoms with Gasteiger partial charge in [0.05, 0.1) is 10.7 Å². The second-order valence-electron chi connectivity index (χ2n) is 5.20. The zero-order chi connectivity index (χ0) is 14.7. The van der Waals surface area contributed by atoms with E-state index in [-0.39, 0.29) is 6.03 Å². The molecule has 5 nitrogen and oxygen atoms in total. The summed E-state index contributed by atoms with van der Waals surface area (Å²) in [4.78, 5) is 11.9. The molecule has 3 rings (SSSR count). The Hall–Kier alpha value is -2.01. The lowest BCUT2D eigenvalue weighted by molar-refractivity contribution is 0.248. The van der Waals surface area contributed by atoms with Crippen LogP contribution in [0, 0.1) is 0 Å². The van der Waals surface area contributed by atoms with E-state index in [4.69, 9.17) is 11.6 Å². The lowest BCUT2D eigenvalue weighted by Crippen LogP contribution is -2.36. The Morgan fingerprint density at radius 3 is 2.81 bits per heavy atom. The number of anilines is 1. The highest BCUT2D eigenvalue weighted by Gasteiger charge is 2.17. The van der Waals surface area contributed by atoms with Gasteiger partial charge in [-0.1, -0.05) is 24.4 Å². The molecule has 1 saturated carbocycles. The lowest BCUT2D eigenvalue weighted by Gasteiger charge is -2.13. The standard InChI is InChI=1S/C15H17ClN4O/c16-13-10-12(6-7-14(13)20-9-3-8-17-20)19-15(21)18-11-4-1-2-5-11/h3,6-11H,1-2,4-5H2,(H2,18,19,21). The predicted octanol–water partition coefficient (Wildman–Crippen LogP) is 3.59. The van der Waals surface area contributed by atoms with Gasteiger partial charge in [0.1, 0.15) is 0 Å². The Morgan fingerprint density at radius 2 is 2.14 bits per heavy atom. The van der Waals surface area contributed by atoms with Crippen molar-refractivity contribution in [3.8, 4) is 5.69 Å². The topological polar surface area (TPSA) is 59.0 Å². The van der Waals surface area contributed by atoms with Crippen molar-refractivity contribution in [1.29, 1.82) is 0 Å². The number of halogens is 1. The van der Waals surface area contributed by atoms with Gasteiger partial charge in [-0.3, -0.25) is 0 Å². The highest BCUT2D eigenvalue weighted by Crippen LogP contribution is 2.24. The summed E-state index contributed by atoms with van der Waals surface area (Å²) in [6, 6.07) is 7.33. The van der Waals surface area contributed by atoms with Gasteiger partial charge in [-0.25, -0.2) is 9.48 Å². The van der Waals surface area contributed by atoms with Gasteiger partial charge in [-0.15, -0.1) is 0 Å². The van der Waals surface area contributed by atoms with E-state index in [1.165, 1.54) is 12.8 Å². The molecule has 21 heavy (non-hydrogen) atoms. The molecule has 1 aliphatic rings. The van der Waals surface area contributed by atoms with E-state index in [9.17, 15) is 4.79 Å². The van der Waals surface area contributed by atoms with Crippen molar-refractivity contribution >= 4 is 23.3 Å². The molecule has 0 saturated heterocycles.